The zero-order valence-corrected chi connectivity index (χ0v) is 6.77. The van der Waals surface area contributed by atoms with E-state index in [1.165, 1.54) is 6.92 Å². The normalized spacial score (nSPS) is 12.2. The Hall–Kier alpha value is -0.770. The molecular weight excluding hydrogens is 196 g/mol. The monoisotopic (exact) mass is 202 g/mol. The van der Waals surface area contributed by atoms with E-state index >= 15 is 0 Å². The average Bonchev–Trinajstić information content (AvgIpc) is 2.00. The fourth-order valence-electron chi connectivity index (χ4n) is 0.413. The van der Waals surface area contributed by atoms with Crippen LogP contribution in [0.25, 0.3) is 0 Å². The van der Waals surface area contributed by atoms with Gasteiger partial charge < -0.3 is 0 Å². The van der Waals surface area contributed by atoms with Crippen molar-refractivity contribution in [3.63, 3.8) is 0 Å². The summed E-state index contributed by atoms with van der Waals surface area (Å²) in [7, 11) is 0. The summed E-state index contributed by atoms with van der Waals surface area (Å²) in [4.78, 5) is 10.8. The Kier molecular flexibility index (Phi) is 1.43. The van der Waals surface area contributed by atoms with Crippen LogP contribution in [0.15, 0.2) is 16.7 Å². The van der Waals surface area contributed by atoms with Gasteiger partial charge in [0.15, 0.2) is 5.78 Å². The van der Waals surface area contributed by atoms with Gasteiger partial charge in [0.1, 0.15) is 10.3 Å². The molecule has 0 saturated heterocycles. The van der Waals surface area contributed by atoms with Gasteiger partial charge in [0.2, 0.25) is 0 Å². The van der Waals surface area contributed by atoms with E-state index < -0.39 is 0 Å². The molecule has 0 aliphatic rings. The molecule has 0 amide bonds. The Balaban J connectivity index is 3.36. The summed E-state index contributed by atoms with van der Waals surface area (Å²) >= 11 is 2.94. The lowest BCUT2D eigenvalue weighted by Crippen LogP contribution is -1.97. The number of nitrogens with zero attached hydrogens (tertiary/aromatic N) is 2. The van der Waals surface area contributed by atoms with E-state index in [0.717, 1.165) is 0 Å². The van der Waals surface area contributed by atoms with Gasteiger partial charge in [-0.05, 0) is 28.0 Å². The molecule has 1 heterocycles. The number of hydrogen-bond acceptors (Lipinski definition) is 3. The maximum absolute atomic E-state index is 10.8. The van der Waals surface area contributed by atoms with Crippen molar-refractivity contribution in [1.82, 2.24) is 10.2 Å². The van der Waals surface area contributed by atoms with Gasteiger partial charge in [0, 0.05) is 6.92 Å². The van der Waals surface area contributed by atoms with Crippen molar-refractivity contribution < 1.29 is 7.54 Å². The van der Waals surface area contributed by atoms with Gasteiger partial charge in [-0.1, -0.05) is 0 Å². The molecular formula is C6H5BrN2O. The van der Waals surface area contributed by atoms with Crippen molar-refractivity contribution in [2.75, 3.05) is 0 Å². The quantitative estimate of drug-likeness (QED) is 0.648. The molecule has 0 aromatic carbocycles. The molecule has 0 aliphatic heterocycles. The van der Waals surface area contributed by atoms with Crippen molar-refractivity contribution in [3.8, 4) is 0 Å². The number of carbonyl (C=O) groups is 1. The second-order valence-corrected chi connectivity index (χ2v) is 2.40. The highest BCUT2D eigenvalue weighted by Crippen LogP contribution is 2.03. The van der Waals surface area contributed by atoms with E-state index in [1.54, 1.807) is 0 Å². The van der Waals surface area contributed by atoms with Crippen LogP contribution in [0.5, 0.6) is 0 Å². The third kappa shape index (κ3) is 1.60. The number of aromatic nitrogens is 2. The molecule has 0 N–H and O–H groups in total. The number of ketones is 1. The highest BCUT2D eigenvalue weighted by molar-refractivity contribution is 9.10. The number of rotatable bonds is 1. The Labute approximate surface area is 69.4 Å². The van der Waals surface area contributed by atoms with E-state index in [9.17, 15) is 4.79 Å². The largest absolute Gasteiger partial charge is 0.293 e. The lowest BCUT2D eigenvalue weighted by atomic mass is 10.3. The third-order valence-corrected chi connectivity index (χ3v) is 1.21. The van der Waals surface area contributed by atoms with E-state index in [4.69, 9.17) is 2.74 Å². The van der Waals surface area contributed by atoms with Crippen molar-refractivity contribution in [1.29, 1.82) is 0 Å². The molecule has 0 fully saturated rings. The molecule has 52 valence electrons. The lowest BCUT2D eigenvalue weighted by Gasteiger charge is -1.90. The molecule has 0 aliphatic carbocycles. The Morgan fingerprint density at radius 3 is 3.00 bits per heavy atom. The predicted molar refractivity (Wildman–Crippen MR) is 39.7 cm³/mol. The van der Waals surface area contributed by atoms with Crippen LogP contribution >= 0.6 is 15.9 Å². The molecule has 1 aromatic heterocycles. The number of Topliss-reactive ketones (excluding diaryl/α,β-unsaturated/α-hetero) is 1. The summed E-state index contributed by atoms with van der Waals surface area (Å²) in [6.45, 7) is 1.29. The van der Waals surface area contributed by atoms with Gasteiger partial charge >= 0.3 is 0 Å². The molecule has 0 radical (unpaired) electrons. The highest BCUT2D eigenvalue weighted by Gasteiger charge is 1.99. The van der Waals surface area contributed by atoms with Crippen LogP contribution in [0.2, 0.25) is 0 Å². The Bertz CT molecular complexity index is 343. The van der Waals surface area contributed by atoms with Crippen molar-refractivity contribution in [2.45, 2.75) is 6.92 Å². The van der Waals surface area contributed by atoms with Crippen LogP contribution in [-0.4, -0.2) is 16.0 Å². The highest BCUT2D eigenvalue weighted by atomic mass is 79.9. The number of carbonyl (C=O) groups excluding carboxylic acids is 1. The van der Waals surface area contributed by atoms with Gasteiger partial charge in [-0.15, -0.1) is 10.2 Å². The minimum atomic E-state index is -0.353. The van der Waals surface area contributed by atoms with Crippen LogP contribution < -0.4 is 0 Å². The van der Waals surface area contributed by atoms with Gasteiger partial charge in [0.25, 0.3) is 0 Å². The van der Waals surface area contributed by atoms with Crippen molar-refractivity contribution >= 4 is 21.7 Å². The Morgan fingerprint density at radius 2 is 2.40 bits per heavy atom. The summed E-state index contributed by atoms with van der Waals surface area (Å²) < 4.78 is 14.8. The Morgan fingerprint density at radius 1 is 1.70 bits per heavy atom. The van der Waals surface area contributed by atoms with Crippen LogP contribution in [0.3, 0.4) is 0 Å². The zero-order valence-electron chi connectivity index (χ0n) is 7.18. The van der Waals surface area contributed by atoms with Gasteiger partial charge in [-0.25, -0.2) is 0 Å². The topological polar surface area (TPSA) is 42.9 Å². The first-order valence-electron chi connectivity index (χ1n) is 3.54. The van der Waals surface area contributed by atoms with Crippen molar-refractivity contribution in [3.05, 3.63) is 22.4 Å². The molecule has 0 unspecified atom stereocenters. The standard InChI is InChI=1S/C6H5BrN2O/c1-4(10)5-2-3-6(7)9-8-5/h2-3H,1H3/i2D,3D. The van der Waals surface area contributed by atoms with E-state index in [-0.39, 0.29) is 28.2 Å². The molecule has 1 rings (SSSR count). The minimum Gasteiger partial charge on any atom is -0.293 e. The van der Waals surface area contributed by atoms with E-state index in [1.807, 2.05) is 0 Å². The summed E-state index contributed by atoms with van der Waals surface area (Å²) in [5.74, 6) is -0.353. The minimum absolute atomic E-state index is 0.0665. The average molecular weight is 203 g/mol. The SMILES string of the molecule is [2H]c1c(Br)nnc(C(C)=O)c1[2H]. The van der Waals surface area contributed by atoms with Crippen LogP contribution in [-0.2, 0) is 0 Å². The van der Waals surface area contributed by atoms with Crippen LogP contribution in [0.1, 0.15) is 20.2 Å². The van der Waals surface area contributed by atoms with Crippen LogP contribution in [0.4, 0.5) is 0 Å². The van der Waals surface area contributed by atoms with E-state index in [0.29, 0.717) is 0 Å². The summed E-state index contributed by atoms with van der Waals surface area (Å²) in [5.41, 5.74) is -0.0665. The number of halogens is 1. The molecule has 0 spiro atoms. The molecule has 4 heteroatoms. The molecule has 3 nitrogen and oxygen atoms in total. The maximum Gasteiger partial charge on any atom is 0.180 e. The molecule has 10 heavy (non-hydrogen) atoms. The zero-order chi connectivity index (χ0) is 9.30. The molecule has 0 bridgehead atoms. The van der Waals surface area contributed by atoms with Crippen LogP contribution in [0, 0.1) is 0 Å². The first-order valence-corrected chi connectivity index (χ1v) is 3.33. The maximum atomic E-state index is 10.8. The summed E-state index contributed by atoms with van der Waals surface area (Å²) in [6, 6.07) is -0.306. The smallest absolute Gasteiger partial charge is 0.180 e. The predicted octanol–water partition coefficient (Wildman–Crippen LogP) is 1.44. The molecule has 0 saturated carbocycles. The summed E-state index contributed by atoms with van der Waals surface area (Å²) in [5, 5.41) is 6.98. The molecule has 1 aromatic rings. The lowest BCUT2D eigenvalue weighted by molar-refractivity contribution is 0.101. The van der Waals surface area contributed by atoms with Gasteiger partial charge in [-0.3, -0.25) is 4.79 Å². The second-order valence-electron chi connectivity index (χ2n) is 1.65. The fourth-order valence-corrected chi connectivity index (χ4v) is 0.592. The molecule has 0 atom stereocenters. The van der Waals surface area contributed by atoms with E-state index in [2.05, 4.69) is 26.1 Å². The second kappa shape index (κ2) is 2.88. The van der Waals surface area contributed by atoms with Gasteiger partial charge in [-0.2, -0.15) is 0 Å². The third-order valence-electron chi connectivity index (χ3n) is 0.855. The fraction of sp³-hybridized carbons (Fsp3) is 0.167. The summed E-state index contributed by atoms with van der Waals surface area (Å²) in [6.07, 6.45) is 0. The number of hydrogen-bond donors (Lipinski definition) is 0. The first kappa shape index (κ1) is 4.96. The van der Waals surface area contributed by atoms with Crippen molar-refractivity contribution in [2.24, 2.45) is 0 Å². The van der Waals surface area contributed by atoms with Gasteiger partial charge in [0.05, 0.1) is 2.74 Å². The first-order chi connectivity index (χ1) is 5.54.